The van der Waals surface area contributed by atoms with E-state index >= 15 is 0 Å². The number of nitrogens with zero attached hydrogens (tertiary/aromatic N) is 2. The smallest absolute Gasteiger partial charge is 0.450 e. The molecule has 0 heterocycles. The predicted molar refractivity (Wildman–Crippen MR) is 115 cm³/mol. The van der Waals surface area contributed by atoms with Gasteiger partial charge in [0.1, 0.15) is 11.4 Å². The van der Waals surface area contributed by atoms with Gasteiger partial charge in [-0.2, -0.15) is 18.1 Å². The van der Waals surface area contributed by atoms with Crippen molar-refractivity contribution in [2.75, 3.05) is 5.32 Å². The highest BCUT2D eigenvalue weighted by atomic mass is 31.1. The Bertz CT molecular complexity index is 1010. The third kappa shape index (κ3) is 7.65. The summed E-state index contributed by atoms with van der Waals surface area (Å²) < 4.78 is 52.5. The molecule has 0 spiro atoms. The number of nitro groups is 2. The van der Waals surface area contributed by atoms with Crippen molar-refractivity contribution in [2.45, 2.75) is 45.3 Å². The van der Waals surface area contributed by atoms with Crippen LogP contribution in [0.5, 0.6) is 11.5 Å². The average Bonchev–Trinajstić information content (AvgIpc) is 2.73. The lowest BCUT2D eigenvalue weighted by atomic mass is 9.95. The molecule has 0 saturated heterocycles. The third-order valence-electron chi connectivity index (χ3n) is 4.87. The fourth-order valence-electron chi connectivity index (χ4n) is 2.64. The van der Waals surface area contributed by atoms with Crippen molar-refractivity contribution in [3.05, 3.63) is 62.2 Å². The minimum Gasteiger partial charge on any atom is -0.450 e. The number of alkyl halides is 3. The van der Waals surface area contributed by atoms with Crippen molar-refractivity contribution in [2.24, 2.45) is 0 Å². The van der Waals surface area contributed by atoms with Crippen LogP contribution in [0.25, 0.3) is 0 Å². The highest BCUT2D eigenvalue weighted by Crippen LogP contribution is 2.39. The predicted octanol–water partition coefficient (Wildman–Crippen LogP) is 6.22. The topological polar surface area (TPSA) is 145 Å². The van der Waals surface area contributed by atoms with Crippen molar-refractivity contribution < 1.29 is 37.2 Å². The number of benzene rings is 2. The van der Waals surface area contributed by atoms with E-state index in [1.165, 1.54) is 18.2 Å². The summed E-state index contributed by atoms with van der Waals surface area (Å²) in [5, 5.41) is 25.7. The maximum atomic E-state index is 12.9. The van der Waals surface area contributed by atoms with E-state index in [0.717, 1.165) is 6.07 Å². The van der Waals surface area contributed by atoms with E-state index in [1.807, 2.05) is 20.8 Å². The molecule has 2 rings (SSSR count). The van der Waals surface area contributed by atoms with Gasteiger partial charge in [0.15, 0.2) is 0 Å². The number of hydrogen-bond acceptors (Lipinski definition) is 7. The number of halogens is 3. The summed E-state index contributed by atoms with van der Waals surface area (Å²) in [6.07, 6.45) is -3.43. The first-order chi connectivity index (χ1) is 15.3. The van der Waals surface area contributed by atoms with Gasteiger partial charge in [-0.05, 0) is 42.5 Å². The second kappa shape index (κ2) is 11.5. The zero-order valence-corrected chi connectivity index (χ0v) is 18.8. The first-order valence-corrected chi connectivity index (χ1v) is 10.3. The molecule has 1 unspecified atom stereocenters. The highest BCUT2D eigenvalue weighted by Gasteiger charge is 2.33. The summed E-state index contributed by atoms with van der Waals surface area (Å²) in [6, 6.07) is 5.57. The molecular weight excluding hydrogens is 470 g/mol. The minimum atomic E-state index is -4.75. The van der Waals surface area contributed by atoms with Crippen LogP contribution in [0, 0.1) is 20.2 Å². The van der Waals surface area contributed by atoms with Crippen molar-refractivity contribution in [3.8, 4) is 11.5 Å². The van der Waals surface area contributed by atoms with Crippen molar-refractivity contribution in [1.29, 1.82) is 0 Å². The van der Waals surface area contributed by atoms with Crippen molar-refractivity contribution >= 4 is 25.7 Å². The average molecular weight is 492 g/mol. The molecule has 0 aliphatic carbocycles. The number of nitrogens with one attached hydrogen (secondary N) is 1. The Hall–Kier alpha value is -3.31. The van der Waals surface area contributed by atoms with E-state index in [2.05, 4.69) is 5.32 Å². The Morgan fingerprint density at radius 3 is 2.03 bits per heavy atom. The van der Waals surface area contributed by atoms with Crippen LogP contribution in [-0.4, -0.2) is 20.3 Å². The maximum Gasteiger partial charge on any atom is 0.491 e. The van der Waals surface area contributed by atoms with Crippen LogP contribution in [0.1, 0.15) is 39.2 Å². The lowest BCUT2D eigenvalue weighted by molar-refractivity contribution is -0.385. The van der Waals surface area contributed by atoms with Crippen molar-refractivity contribution in [3.63, 3.8) is 0 Å². The van der Waals surface area contributed by atoms with Gasteiger partial charge < -0.3 is 10.1 Å². The van der Waals surface area contributed by atoms with E-state index in [1.54, 1.807) is 0 Å². The van der Waals surface area contributed by atoms with Gasteiger partial charge >= 0.3 is 20.6 Å². The zero-order chi connectivity index (χ0) is 25.4. The summed E-state index contributed by atoms with van der Waals surface area (Å²) in [6.45, 7) is 5.70. The molecule has 14 heteroatoms. The molecule has 0 amide bonds. The Labute approximate surface area is 188 Å². The highest BCUT2D eigenvalue weighted by molar-refractivity contribution is 7.16. The molecule has 0 aliphatic heterocycles. The summed E-state index contributed by atoms with van der Waals surface area (Å²) in [5.74, 6) is -0.415. The van der Waals surface area contributed by atoms with Gasteiger partial charge in [-0.3, -0.25) is 20.2 Å². The van der Waals surface area contributed by atoms with Gasteiger partial charge in [-0.25, -0.2) is 0 Å². The molecule has 0 aromatic heterocycles. The third-order valence-corrected chi connectivity index (χ3v) is 4.87. The Kier molecular flexibility index (Phi) is 9.68. The standard InChI is InChI=1S/C19H20F3N3O5.HO2P/c1-4-18(3,5-2)23-14-11-13(7-8-15(14)24(26)27)30-17-9-6-12(19(20,21)22)10-16(17)25(28)29;1-3-2/h6-11,23H,4-5H2,1-3H3;3H/p+1. The molecule has 2 N–H and O–H groups in total. The molecular formula is C19H22F3N3O7P+. The SMILES string of the molecule is CCC(C)(CC)Nc1cc(Oc2ccc(C(F)(F)F)cc2[N+](=O)[O-])ccc1[N+](=O)[O-].O=[PH+]O. The van der Waals surface area contributed by atoms with E-state index in [9.17, 15) is 33.4 Å². The number of ether oxygens (including phenoxy) is 1. The van der Waals surface area contributed by atoms with Crippen LogP contribution in [0.15, 0.2) is 36.4 Å². The first-order valence-electron chi connectivity index (χ1n) is 9.43. The normalized spacial score (nSPS) is 11.4. The second-order valence-electron chi connectivity index (χ2n) is 6.96. The molecule has 0 bridgehead atoms. The summed E-state index contributed by atoms with van der Waals surface area (Å²) in [4.78, 5) is 28.1. The lowest BCUT2D eigenvalue weighted by Crippen LogP contribution is -2.33. The fraction of sp³-hybridized carbons (Fsp3) is 0.368. The maximum absolute atomic E-state index is 12.9. The van der Waals surface area contributed by atoms with Gasteiger partial charge in [-0.15, -0.1) is 0 Å². The fourth-order valence-corrected chi connectivity index (χ4v) is 2.64. The van der Waals surface area contributed by atoms with Gasteiger partial charge in [0, 0.05) is 23.7 Å². The molecule has 33 heavy (non-hydrogen) atoms. The summed E-state index contributed by atoms with van der Waals surface area (Å²) in [7, 11) is -1.17. The van der Waals surface area contributed by atoms with Gasteiger partial charge in [0.05, 0.1) is 15.4 Å². The number of hydrogen-bond donors (Lipinski definition) is 2. The summed E-state index contributed by atoms with van der Waals surface area (Å²) >= 11 is 0. The largest absolute Gasteiger partial charge is 0.491 e. The molecule has 2 aromatic rings. The molecule has 0 saturated carbocycles. The van der Waals surface area contributed by atoms with Gasteiger partial charge in [-0.1, -0.05) is 13.8 Å². The van der Waals surface area contributed by atoms with Crippen LogP contribution in [0.2, 0.25) is 0 Å². The molecule has 0 fully saturated rings. The molecule has 1 atom stereocenters. The molecule has 10 nitrogen and oxygen atoms in total. The molecule has 180 valence electrons. The monoisotopic (exact) mass is 492 g/mol. The van der Waals surface area contributed by atoms with Gasteiger partial charge in [0.2, 0.25) is 5.75 Å². The Morgan fingerprint density at radius 2 is 1.58 bits per heavy atom. The quantitative estimate of drug-likeness (QED) is 0.251. The van der Waals surface area contributed by atoms with E-state index in [4.69, 9.17) is 14.2 Å². The van der Waals surface area contributed by atoms with Crippen LogP contribution in [-0.2, 0) is 10.7 Å². The number of anilines is 1. The van der Waals surface area contributed by atoms with E-state index in [-0.39, 0.29) is 17.1 Å². The van der Waals surface area contributed by atoms with Crippen molar-refractivity contribution in [1.82, 2.24) is 0 Å². The molecule has 0 aliphatic rings. The number of nitro benzene ring substituents is 2. The summed E-state index contributed by atoms with van der Waals surface area (Å²) in [5.41, 5.74) is -2.60. The zero-order valence-electron chi connectivity index (χ0n) is 17.8. The Morgan fingerprint density at radius 1 is 1.03 bits per heavy atom. The van der Waals surface area contributed by atoms with Crippen LogP contribution in [0.3, 0.4) is 0 Å². The van der Waals surface area contributed by atoms with Gasteiger partial charge in [0.25, 0.3) is 5.69 Å². The second-order valence-corrected chi connectivity index (χ2v) is 7.14. The van der Waals surface area contributed by atoms with Crippen LogP contribution >= 0.6 is 8.69 Å². The lowest BCUT2D eigenvalue weighted by Gasteiger charge is -2.29. The van der Waals surface area contributed by atoms with E-state index in [0.29, 0.717) is 25.0 Å². The molecule has 2 aromatic carbocycles. The van der Waals surface area contributed by atoms with Crippen LogP contribution in [0.4, 0.5) is 30.2 Å². The molecule has 0 radical (unpaired) electrons. The minimum absolute atomic E-state index is 0.000477. The first kappa shape index (κ1) is 27.7. The van der Waals surface area contributed by atoms with E-state index < -0.39 is 47.2 Å². The number of rotatable bonds is 8. The Balaban J connectivity index is 0.00000172. The van der Waals surface area contributed by atoms with Crippen LogP contribution < -0.4 is 10.1 Å².